The van der Waals surface area contributed by atoms with Gasteiger partial charge in [-0.15, -0.1) is 0 Å². The number of H-pyrrole nitrogens is 1. The minimum absolute atomic E-state index is 0.0112. The molecule has 0 bridgehead atoms. The van der Waals surface area contributed by atoms with E-state index in [4.69, 9.17) is 0 Å². The van der Waals surface area contributed by atoms with Gasteiger partial charge in [-0.05, 0) is 6.07 Å². The predicted octanol–water partition coefficient (Wildman–Crippen LogP) is 1.65. The van der Waals surface area contributed by atoms with Crippen LogP contribution in [-0.4, -0.2) is 35.0 Å². The summed E-state index contributed by atoms with van der Waals surface area (Å²) in [6, 6.07) is 1.55. The van der Waals surface area contributed by atoms with Crippen LogP contribution in [0.1, 0.15) is 0 Å². The van der Waals surface area contributed by atoms with Crippen molar-refractivity contribution in [2.24, 2.45) is 0 Å². The Hall–Kier alpha value is -2.88. The molecule has 2 aromatic heterocycles. The van der Waals surface area contributed by atoms with Crippen LogP contribution in [0.3, 0.4) is 0 Å². The predicted molar refractivity (Wildman–Crippen MR) is 80.9 cm³/mol. The summed E-state index contributed by atoms with van der Waals surface area (Å²) in [5.74, 6) is -3.61. The van der Waals surface area contributed by atoms with Crippen molar-refractivity contribution in [2.45, 2.75) is 4.90 Å². The van der Waals surface area contributed by atoms with Crippen LogP contribution >= 0.6 is 0 Å². The van der Waals surface area contributed by atoms with E-state index in [2.05, 4.69) is 20.3 Å². The van der Waals surface area contributed by atoms with Crippen molar-refractivity contribution in [2.75, 3.05) is 11.1 Å². The number of nitrogens with zero attached hydrogens (tertiary/aromatic N) is 2. The fourth-order valence-electron chi connectivity index (χ4n) is 2.21. The van der Waals surface area contributed by atoms with Crippen molar-refractivity contribution in [3.63, 3.8) is 0 Å². The minimum atomic E-state index is -4.14. The summed E-state index contributed by atoms with van der Waals surface area (Å²) in [5, 5.41) is 2.04. The molecule has 0 unspecified atom stereocenters. The van der Waals surface area contributed by atoms with Crippen molar-refractivity contribution >= 4 is 32.3 Å². The van der Waals surface area contributed by atoms with E-state index < -0.39 is 38.0 Å². The van der Waals surface area contributed by atoms with Crippen LogP contribution in [0.15, 0.2) is 41.9 Å². The Kier molecular flexibility index (Phi) is 3.97. The molecule has 7 nitrogen and oxygen atoms in total. The van der Waals surface area contributed by atoms with E-state index >= 15 is 0 Å². The molecular formula is C14H10F2N4O3S. The van der Waals surface area contributed by atoms with Gasteiger partial charge in [-0.1, -0.05) is 0 Å². The number of amides is 1. The second-order valence-electron chi connectivity index (χ2n) is 4.90. The number of aromatic amines is 1. The zero-order chi connectivity index (χ0) is 17.3. The molecule has 0 saturated carbocycles. The van der Waals surface area contributed by atoms with Crippen LogP contribution in [0.4, 0.5) is 14.5 Å². The number of benzene rings is 1. The first-order chi connectivity index (χ1) is 11.4. The molecule has 0 radical (unpaired) electrons. The molecule has 24 heavy (non-hydrogen) atoms. The molecule has 0 fully saturated rings. The lowest BCUT2D eigenvalue weighted by molar-refractivity contribution is -0.113. The maximum absolute atomic E-state index is 13.9. The molecule has 1 amide bonds. The Bertz CT molecular complexity index is 1020. The first kappa shape index (κ1) is 16.0. The van der Waals surface area contributed by atoms with Gasteiger partial charge >= 0.3 is 0 Å². The molecule has 0 saturated heterocycles. The fourth-order valence-corrected chi connectivity index (χ4v) is 3.54. The third-order valence-corrected chi connectivity index (χ3v) is 4.79. The Labute approximate surface area is 134 Å². The number of hydrogen-bond acceptors (Lipinski definition) is 5. The third kappa shape index (κ3) is 3.08. The van der Waals surface area contributed by atoms with Gasteiger partial charge in [0, 0.05) is 12.3 Å². The van der Waals surface area contributed by atoms with E-state index in [1.807, 2.05) is 0 Å². The van der Waals surface area contributed by atoms with Gasteiger partial charge in [0.1, 0.15) is 23.7 Å². The average Bonchev–Trinajstić information content (AvgIpc) is 2.92. The molecule has 0 aliphatic heterocycles. The van der Waals surface area contributed by atoms with Gasteiger partial charge in [-0.2, -0.15) is 0 Å². The molecule has 124 valence electrons. The first-order valence-corrected chi connectivity index (χ1v) is 8.26. The lowest BCUT2D eigenvalue weighted by atomic mass is 10.2. The van der Waals surface area contributed by atoms with Crippen molar-refractivity contribution in [3.05, 3.63) is 48.7 Å². The molecule has 0 aliphatic rings. The van der Waals surface area contributed by atoms with Crippen LogP contribution < -0.4 is 5.32 Å². The van der Waals surface area contributed by atoms with E-state index in [9.17, 15) is 22.0 Å². The molecule has 1 aromatic carbocycles. The summed E-state index contributed by atoms with van der Waals surface area (Å²) in [6.45, 7) is 0. The van der Waals surface area contributed by atoms with E-state index in [0.717, 1.165) is 12.3 Å². The van der Waals surface area contributed by atoms with Gasteiger partial charge in [0.15, 0.2) is 9.84 Å². The SMILES string of the molecule is O=C(CS(=O)(=O)c1c[nH]c2cc(F)cc(F)c12)Nc1cncnc1. The second-order valence-corrected chi connectivity index (χ2v) is 6.86. The summed E-state index contributed by atoms with van der Waals surface area (Å²) in [5.41, 5.74) is 0.216. The van der Waals surface area contributed by atoms with Gasteiger partial charge < -0.3 is 10.3 Å². The number of rotatable bonds is 4. The maximum Gasteiger partial charge on any atom is 0.240 e. The van der Waals surface area contributed by atoms with Gasteiger partial charge in [-0.25, -0.2) is 27.2 Å². The number of carbonyl (C=O) groups excluding carboxylic acids is 1. The summed E-state index contributed by atoms with van der Waals surface area (Å²) in [7, 11) is -4.14. The lowest BCUT2D eigenvalue weighted by Crippen LogP contribution is -2.23. The molecule has 2 heterocycles. The molecule has 2 N–H and O–H groups in total. The average molecular weight is 352 g/mol. The second kappa shape index (κ2) is 5.96. The fraction of sp³-hybridized carbons (Fsp3) is 0.0714. The number of aromatic nitrogens is 3. The van der Waals surface area contributed by atoms with Crippen molar-refractivity contribution in [1.82, 2.24) is 15.0 Å². The van der Waals surface area contributed by atoms with Crippen LogP contribution in [0, 0.1) is 11.6 Å². The zero-order valence-electron chi connectivity index (χ0n) is 12.0. The molecule has 3 rings (SSSR count). The third-order valence-electron chi connectivity index (χ3n) is 3.16. The summed E-state index contributed by atoms with van der Waals surface area (Å²) in [6.07, 6.45) is 4.87. The highest BCUT2D eigenvalue weighted by Crippen LogP contribution is 2.27. The van der Waals surface area contributed by atoms with Crippen LogP contribution in [-0.2, 0) is 14.6 Å². The number of sulfone groups is 1. The van der Waals surface area contributed by atoms with Gasteiger partial charge in [0.25, 0.3) is 0 Å². The molecule has 10 heteroatoms. The number of fused-ring (bicyclic) bond motifs is 1. The standard InChI is InChI=1S/C14H10F2N4O3S/c15-8-1-10(16)14-11(2-8)19-5-12(14)24(22,23)6-13(21)20-9-3-17-7-18-4-9/h1-5,7,19H,6H2,(H,20,21). The van der Waals surface area contributed by atoms with Crippen molar-refractivity contribution in [1.29, 1.82) is 0 Å². The van der Waals surface area contributed by atoms with Crippen LogP contribution in [0.5, 0.6) is 0 Å². The maximum atomic E-state index is 13.9. The van der Waals surface area contributed by atoms with Gasteiger partial charge in [0.2, 0.25) is 5.91 Å². The van der Waals surface area contributed by atoms with E-state index in [0.29, 0.717) is 6.07 Å². The van der Waals surface area contributed by atoms with Crippen LogP contribution in [0.25, 0.3) is 10.9 Å². The zero-order valence-corrected chi connectivity index (χ0v) is 12.8. The molecule has 3 aromatic rings. The summed E-state index contributed by atoms with van der Waals surface area (Å²) < 4.78 is 51.8. The number of carbonyl (C=O) groups is 1. The molecule has 0 atom stereocenters. The molecular weight excluding hydrogens is 342 g/mol. The number of anilines is 1. The van der Waals surface area contributed by atoms with Gasteiger partial charge in [0.05, 0.1) is 33.9 Å². The Morgan fingerprint density at radius 1 is 1.21 bits per heavy atom. The van der Waals surface area contributed by atoms with E-state index in [1.165, 1.54) is 18.7 Å². The Morgan fingerprint density at radius 3 is 2.62 bits per heavy atom. The largest absolute Gasteiger partial charge is 0.360 e. The number of hydrogen-bond donors (Lipinski definition) is 2. The monoisotopic (exact) mass is 352 g/mol. The minimum Gasteiger partial charge on any atom is -0.360 e. The number of nitrogens with one attached hydrogen (secondary N) is 2. The Morgan fingerprint density at radius 2 is 1.92 bits per heavy atom. The van der Waals surface area contributed by atoms with E-state index in [1.54, 1.807) is 0 Å². The lowest BCUT2D eigenvalue weighted by Gasteiger charge is -2.05. The highest BCUT2D eigenvalue weighted by molar-refractivity contribution is 7.92. The summed E-state index contributed by atoms with van der Waals surface area (Å²) in [4.78, 5) is 21.3. The van der Waals surface area contributed by atoms with Crippen LogP contribution in [0.2, 0.25) is 0 Å². The summed E-state index contributed by atoms with van der Waals surface area (Å²) >= 11 is 0. The smallest absolute Gasteiger partial charge is 0.240 e. The normalized spacial score (nSPS) is 11.6. The Balaban J connectivity index is 1.90. The quantitative estimate of drug-likeness (QED) is 0.743. The van der Waals surface area contributed by atoms with Gasteiger partial charge in [-0.3, -0.25) is 4.79 Å². The highest BCUT2D eigenvalue weighted by atomic mass is 32.2. The van der Waals surface area contributed by atoms with E-state index in [-0.39, 0.29) is 16.6 Å². The topological polar surface area (TPSA) is 105 Å². The molecule has 0 aliphatic carbocycles. The highest BCUT2D eigenvalue weighted by Gasteiger charge is 2.25. The first-order valence-electron chi connectivity index (χ1n) is 6.60. The molecule has 0 spiro atoms. The van der Waals surface area contributed by atoms with Crippen molar-refractivity contribution < 1.29 is 22.0 Å². The number of halogens is 2. The van der Waals surface area contributed by atoms with Crippen molar-refractivity contribution in [3.8, 4) is 0 Å².